The molecule has 0 fully saturated rings. The molecule has 0 aliphatic heterocycles. The Morgan fingerprint density at radius 3 is 2.38 bits per heavy atom. The highest BCUT2D eigenvalue weighted by Crippen LogP contribution is 2.28. The maximum atomic E-state index is 12.4. The smallest absolute Gasteiger partial charge is 0.240 e. The van der Waals surface area contributed by atoms with E-state index in [2.05, 4.69) is 5.32 Å². The molecule has 0 aliphatic rings. The summed E-state index contributed by atoms with van der Waals surface area (Å²) in [5, 5.41) is 3.26. The fraction of sp³-hybridized carbons (Fsp3) is 0.350. The number of sulfonamides is 1. The Kier molecular flexibility index (Phi) is 7.75. The number of carbonyl (C=O) groups is 1. The highest BCUT2D eigenvalue weighted by atomic mass is 35.5. The van der Waals surface area contributed by atoms with Crippen molar-refractivity contribution in [2.24, 2.45) is 0 Å². The zero-order valence-corrected chi connectivity index (χ0v) is 18.4. The van der Waals surface area contributed by atoms with Crippen molar-refractivity contribution < 1.29 is 22.7 Å². The zero-order chi connectivity index (χ0) is 21.6. The second kappa shape index (κ2) is 9.84. The second-order valence-electron chi connectivity index (χ2n) is 6.49. The van der Waals surface area contributed by atoms with E-state index in [0.29, 0.717) is 40.7 Å². The van der Waals surface area contributed by atoms with Crippen LogP contribution in [0.1, 0.15) is 11.1 Å². The third-order valence-electron chi connectivity index (χ3n) is 4.30. The topological polar surface area (TPSA) is 84.9 Å². The van der Waals surface area contributed by atoms with Crippen LogP contribution in [0, 0.1) is 6.92 Å². The minimum Gasteiger partial charge on any atom is -0.493 e. The molecule has 2 aromatic carbocycles. The average molecular weight is 441 g/mol. The summed E-state index contributed by atoms with van der Waals surface area (Å²) in [6, 6.07) is 10.4. The first-order chi connectivity index (χ1) is 13.7. The maximum absolute atomic E-state index is 12.4. The number of anilines is 1. The molecular formula is C20H25ClN2O5S. The number of halogens is 1. The van der Waals surface area contributed by atoms with E-state index in [9.17, 15) is 13.2 Å². The first-order valence-electron chi connectivity index (χ1n) is 8.87. The second-order valence-corrected chi connectivity index (χ2v) is 8.83. The Balaban J connectivity index is 2.02. The quantitative estimate of drug-likeness (QED) is 0.648. The largest absolute Gasteiger partial charge is 0.493 e. The van der Waals surface area contributed by atoms with Gasteiger partial charge in [0.1, 0.15) is 6.54 Å². The first kappa shape index (κ1) is 22.8. The Hall–Kier alpha value is -2.45. The first-order valence-corrected chi connectivity index (χ1v) is 11.1. The Labute approximate surface area is 176 Å². The van der Waals surface area contributed by atoms with Crippen molar-refractivity contribution in [2.75, 3.05) is 37.9 Å². The number of nitrogens with one attached hydrogen (secondary N) is 1. The Morgan fingerprint density at radius 2 is 1.79 bits per heavy atom. The number of ether oxygens (including phenoxy) is 2. The molecule has 0 saturated carbocycles. The molecule has 7 nitrogen and oxygen atoms in total. The standard InChI is InChI=1S/C20H25ClN2O5S/c1-14-11-16(21)6-7-17(14)23(29(4,25)26)13-20(24)22-10-9-15-5-8-18(27-2)19(12-15)28-3/h5-8,11-12H,9-10,13H2,1-4H3,(H,22,24). The van der Waals surface area contributed by atoms with Gasteiger partial charge in [0.15, 0.2) is 11.5 Å². The molecule has 29 heavy (non-hydrogen) atoms. The number of methoxy groups -OCH3 is 2. The summed E-state index contributed by atoms with van der Waals surface area (Å²) in [5.74, 6) is 0.838. The van der Waals surface area contributed by atoms with Crippen LogP contribution in [-0.4, -0.2) is 47.9 Å². The normalized spacial score (nSPS) is 11.1. The van der Waals surface area contributed by atoms with E-state index in [0.717, 1.165) is 16.1 Å². The van der Waals surface area contributed by atoms with Crippen LogP contribution >= 0.6 is 11.6 Å². The van der Waals surface area contributed by atoms with Crippen LogP contribution in [0.25, 0.3) is 0 Å². The number of hydrogen-bond acceptors (Lipinski definition) is 5. The van der Waals surface area contributed by atoms with Crippen molar-refractivity contribution in [2.45, 2.75) is 13.3 Å². The lowest BCUT2D eigenvalue weighted by molar-refractivity contribution is -0.119. The van der Waals surface area contributed by atoms with Crippen LogP contribution in [0.4, 0.5) is 5.69 Å². The van der Waals surface area contributed by atoms with E-state index in [4.69, 9.17) is 21.1 Å². The molecule has 0 unspecified atom stereocenters. The number of amides is 1. The van der Waals surface area contributed by atoms with Crippen molar-refractivity contribution in [3.8, 4) is 11.5 Å². The molecule has 0 aliphatic carbocycles. The zero-order valence-electron chi connectivity index (χ0n) is 16.9. The predicted molar refractivity (Wildman–Crippen MR) is 115 cm³/mol. The molecule has 0 heterocycles. The van der Waals surface area contributed by atoms with Crippen LogP contribution in [0.15, 0.2) is 36.4 Å². The molecule has 0 bridgehead atoms. The number of hydrogen-bond donors (Lipinski definition) is 1. The molecule has 0 spiro atoms. The summed E-state index contributed by atoms with van der Waals surface area (Å²) in [4.78, 5) is 12.4. The van der Waals surface area contributed by atoms with E-state index in [-0.39, 0.29) is 6.54 Å². The number of carbonyl (C=O) groups excluding carboxylic acids is 1. The lowest BCUT2D eigenvalue weighted by Crippen LogP contribution is -2.41. The van der Waals surface area contributed by atoms with E-state index in [1.807, 2.05) is 12.1 Å². The third-order valence-corrected chi connectivity index (χ3v) is 5.66. The molecule has 0 atom stereocenters. The molecule has 0 radical (unpaired) electrons. The maximum Gasteiger partial charge on any atom is 0.240 e. The van der Waals surface area contributed by atoms with E-state index in [1.54, 1.807) is 45.4 Å². The summed E-state index contributed by atoms with van der Waals surface area (Å²) >= 11 is 5.94. The summed E-state index contributed by atoms with van der Waals surface area (Å²) in [6.07, 6.45) is 1.63. The van der Waals surface area contributed by atoms with Crippen LogP contribution in [0.2, 0.25) is 5.02 Å². The number of benzene rings is 2. The van der Waals surface area contributed by atoms with Crippen molar-refractivity contribution in [1.29, 1.82) is 0 Å². The van der Waals surface area contributed by atoms with E-state index < -0.39 is 15.9 Å². The molecule has 2 rings (SSSR count). The molecule has 1 N–H and O–H groups in total. The molecule has 158 valence electrons. The highest BCUT2D eigenvalue weighted by molar-refractivity contribution is 7.92. The van der Waals surface area contributed by atoms with Crippen molar-refractivity contribution in [3.05, 3.63) is 52.5 Å². The van der Waals surface area contributed by atoms with Gasteiger partial charge in [0.25, 0.3) is 0 Å². The van der Waals surface area contributed by atoms with Gasteiger partial charge in [-0.3, -0.25) is 9.10 Å². The van der Waals surface area contributed by atoms with Crippen molar-refractivity contribution in [1.82, 2.24) is 5.32 Å². The van der Waals surface area contributed by atoms with Crippen LogP contribution < -0.4 is 19.1 Å². The average Bonchev–Trinajstić information content (AvgIpc) is 2.65. The fourth-order valence-electron chi connectivity index (χ4n) is 2.85. The van der Waals surface area contributed by atoms with Gasteiger partial charge in [-0.05, 0) is 54.8 Å². The summed E-state index contributed by atoms with van der Waals surface area (Å²) < 4.78 is 36.0. The van der Waals surface area contributed by atoms with Gasteiger partial charge in [-0.15, -0.1) is 0 Å². The molecule has 2 aromatic rings. The van der Waals surface area contributed by atoms with Crippen LogP contribution in [-0.2, 0) is 21.2 Å². The third kappa shape index (κ3) is 6.27. The highest BCUT2D eigenvalue weighted by Gasteiger charge is 2.22. The van der Waals surface area contributed by atoms with Gasteiger partial charge in [0, 0.05) is 11.6 Å². The van der Waals surface area contributed by atoms with E-state index in [1.165, 1.54) is 0 Å². The molecule has 0 saturated heterocycles. The lowest BCUT2D eigenvalue weighted by Gasteiger charge is -2.23. The monoisotopic (exact) mass is 440 g/mol. The Morgan fingerprint density at radius 1 is 1.10 bits per heavy atom. The number of aryl methyl sites for hydroxylation is 1. The molecule has 0 aromatic heterocycles. The SMILES string of the molecule is COc1ccc(CCNC(=O)CN(c2ccc(Cl)cc2C)S(C)(=O)=O)cc1OC. The van der Waals surface area contributed by atoms with Crippen molar-refractivity contribution in [3.63, 3.8) is 0 Å². The minimum atomic E-state index is -3.64. The van der Waals surface area contributed by atoms with Crippen molar-refractivity contribution >= 4 is 33.2 Å². The van der Waals surface area contributed by atoms with Gasteiger partial charge < -0.3 is 14.8 Å². The van der Waals surface area contributed by atoms with Gasteiger partial charge in [0.05, 0.1) is 26.2 Å². The van der Waals surface area contributed by atoms with Gasteiger partial charge in [-0.25, -0.2) is 8.42 Å². The van der Waals surface area contributed by atoms with Crippen LogP contribution in [0.3, 0.4) is 0 Å². The minimum absolute atomic E-state index is 0.312. The van der Waals surface area contributed by atoms with Gasteiger partial charge in [-0.2, -0.15) is 0 Å². The van der Waals surface area contributed by atoms with E-state index >= 15 is 0 Å². The van der Waals surface area contributed by atoms with Crippen LogP contribution in [0.5, 0.6) is 11.5 Å². The Bertz CT molecular complexity index is 979. The van der Waals surface area contributed by atoms with Gasteiger partial charge in [0.2, 0.25) is 15.9 Å². The summed E-state index contributed by atoms with van der Waals surface area (Å²) in [7, 11) is -0.523. The number of nitrogens with zero attached hydrogens (tertiary/aromatic N) is 1. The molecular weight excluding hydrogens is 416 g/mol. The summed E-state index contributed by atoms with van der Waals surface area (Å²) in [6.45, 7) is 1.78. The summed E-state index contributed by atoms with van der Waals surface area (Å²) in [5.41, 5.74) is 2.05. The molecule has 9 heteroatoms. The number of rotatable bonds is 9. The fourth-order valence-corrected chi connectivity index (χ4v) is 3.99. The lowest BCUT2D eigenvalue weighted by atomic mass is 10.1. The van der Waals surface area contributed by atoms with Gasteiger partial charge >= 0.3 is 0 Å². The molecule has 1 amide bonds. The predicted octanol–water partition coefficient (Wildman–Crippen LogP) is 2.79. The van der Waals surface area contributed by atoms with Gasteiger partial charge in [-0.1, -0.05) is 17.7 Å².